The van der Waals surface area contributed by atoms with Gasteiger partial charge in [0.15, 0.2) is 5.16 Å². The molecule has 2 rings (SSSR count). The van der Waals surface area contributed by atoms with E-state index in [9.17, 15) is 4.79 Å². The molecule has 1 N–H and O–H groups in total. The molecular formula is C15H19ClN4OS. The predicted molar refractivity (Wildman–Crippen MR) is 90.5 cm³/mol. The van der Waals surface area contributed by atoms with E-state index in [1.54, 1.807) is 18.2 Å². The van der Waals surface area contributed by atoms with E-state index in [1.165, 1.54) is 11.8 Å². The Morgan fingerprint density at radius 2 is 2.18 bits per heavy atom. The third-order valence-corrected chi connectivity index (χ3v) is 4.23. The first kappa shape index (κ1) is 16.8. The molecule has 22 heavy (non-hydrogen) atoms. The van der Waals surface area contributed by atoms with Gasteiger partial charge in [-0.3, -0.25) is 4.79 Å². The Kier molecular flexibility index (Phi) is 6.27. The Morgan fingerprint density at radius 3 is 2.86 bits per heavy atom. The normalized spacial score (nSPS) is 10.7. The molecule has 5 nitrogen and oxygen atoms in total. The van der Waals surface area contributed by atoms with E-state index in [1.807, 2.05) is 6.07 Å². The minimum atomic E-state index is -0.0880. The average molecular weight is 339 g/mol. The fourth-order valence-corrected chi connectivity index (χ4v) is 3.06. The second-order valence-electron chi connectivity index (χ2n) is 4.74. The van der Waals surface area contributed by atoms with Crippen LogP contribution in [0.1, 0.15) is 26.1 Å². The molecule has 2 aromatic rings. The van der Waals surface area contributed by atoms with Crippen molar-refractivity contribution in [1.82, 2.24) is 14.8 Å². The number of aromatic nitrogens is 3. The van der Waals surface area contributed by atoms with E-state index < -0.39 is 0 Å². The number of halogens is 1. The molecule has 1 amide bonds. The molecule has 0 aliphatic rings. The molecule has 1 aromatic heterocycles. The molecule has 1 aromatic carbocycles. The first-order valence-electron chi connectivity index (χ1n) is 7.24. The topological polar surface area (TPSA) is 59.8 Å². The average Bonchev–Trinajstić information content (AvgIpc) is 2.87. The Hall–Kier alpha value is -1.53. The second kappa shape index (κ2) is 8.19. The van der Waals surface area contributed by atoms with E-state index >= 15 is 0 Å². The zero-order chi connectivity index (χ0) is 15.9. The number of nitrogens with one attached hydrogen (secondary N) is 1. The smallest absolute Gasteiger partial charge is 0.234 e. The van der Waals surface area contributed by atoms with Crippen molar-refractivity contribution in [3.8, 4) is 0 Å². The second-order valence-corrected chi connectivity index (χ2v) is 6.12. The van der Waals surface area contributed by atoms with Gasteiger partial charge in [0.2, 0.25) is 5.91 Å². The lowest BCUT2D eigenvalue weighted by Crippen LogP contribution is -2.14. The summed E-state index contributed by atoms with van der Waals surface area (Å²) < 4.78 is 2.06. The van der Waals surface area contributed by atoms with Crippen LogP contribution in [0, 0.1) is 0 Å². The number of thioether (sulfide) groups is 1. The Labute approximate surface area is 139 Å². The fraction of sp³-hybridized carbons (Fsp3) is 0.400. The number of carbonyl (C=O) groups excluding carboxylic acids is 1. The van der Waals surface area contributed by atoms with Crippen molar-refractivity contribution in [3.63, 3.8) is 0 Å². The molecule has 0 fully saturated rings. The minimum absolute atomic E-state index is 0.0880. The number of aryl methyl sites for hydroxylation is 1. The van der Waals surface area contributed by atoms with E-state index in [0.717, 1.165) is 30.4 Å². The zero-order valence-corrected chi connectivity index (χ0v) is 14.2. The summed E-state index contributed by atoms with van der Waals surface area (Å²) in [4.78, 5) is 12.0. The quantitative estimate of drug-likeness (QED) is 0.783. The lowest BCUT2D eigenvalue weighted by molar-refractivity contribution is -0.113. The molecule has 0 spiro atoms. The number of hydrogen-bond donors (Lipinski definition) is 1. The summed E-state index contributed by atoms with van der Waals surface area (Å²) in [7, 11) is 0. The van der Waals surface area contributed by atoms with E-state index in [4.69, 9.17) is 11.6 Å². The van der Waals surface area contributed by atoms with Crippen LogP contribution in [0.3, 0.4) is 0 Å². The maximum Gasteiger partial charge on any atom is 0.234 e. The van der Waals surface area contributed by atoms with Crippen molar-refractivity contribution >= 4 is 35.0 Å². The molecular weight excluding hydrogens is 320 g/mol. The van der Waals surface area contributed by atoms with Gasteiger partial charge in [-0.15, -0.1) is 10.2 Å². The highest BCUT2D eigenvalue weighted by Crippen LogP contribution is 2.19. The van der Waals surface area contributed by atoms with Gasteiger partial charge in [-0.25, -0.2) is 0 Å². The van der Waals surface area contributed by atoms with Crippen molar-refractivity contribution in [2.45, 2.75) is 38.4 Å². The monoisotopic (exact) mass is 338 g/mol. The first-order chi connectivity index (χ1) is 10.6. The highest BCUT2D eigenvalue weighted by molar-refractivity contribution is 7.99. The summed E-state index contributed by atoms with van der Waals surface area (Å²) in [6, 6.07) is 7.10. The van der Waals surface area contributed by atoms with Crippen LogP contribution >= 0.6 is 23.4 Å². The van der Waals surface area contributed by atoms with E-state index in [-0.39, 0.29) is 11.7 Å². The Bertz CT molecular complexity index is 644. The summed E-state index contributed by atoms with van der Waals surface area (Å²) in [5.41, 5.74) is 0.696. The summed E-state index contributed by atoms with van der Waals surface area (Å²) in [5, 5.41) is 12.6. The van der Waals surface area contributed by atoms with Crippen molar-refractivity contribution in [3.05, 3.63) is 35.1 Å². The first-order valence-corrected chi connectivity index (χ1v) is 8.60. The van der Waals surface area contributed by atoms with Crippen molar-refractivity contribution in [2.75, 3.05) is 11.1 Å². The lowest BCUT2D eigenvalue weighted by Gasteiger charge is -2.07. The van der Waals surface area contributed by atoms with Crippen LogP contribution < -0.4 is 5.32 Å². The van der Waals surface area contributed by atoms with Gasteiger partial charge in [0.05, 0.1) is 5.75 Å². The highest BCUT2D eigenvalue weighted by Gasteiger charge is 2.12. The van der Waals surface area contributed by atoms with Crippen LogP contribution in [0.4, 0.5) is 5.69 Å². The number of carbonyl (C=O) groups is 1. The van der Waals surface area contributed by atoms with Gasteiger partial charge in [0.1, 0.15) is 5.82 Å². The van der Waals surface area contributed by atoms with Gasteiger partial charge in [0, 0.05) is 23.7 Å². The van der Waals surface area contributed by atoms with Crippen LogP contribution in [0.5, 0.6) is 0 Å². The maximum atomic E-state index is 12.0. The van der Waals surface area contributed by atoms with Gasteiger partial charge in [-0.1, -0.05) is 36.4 Å². The summed E-state index contributed by atoms with van der Waals surface area (Å²) >= 11 is 7.29. The summed E-state index contributed by atoms with van der Waals surface area (Å²) in [5.74, 6) is 1.18. The van der Waals surface area contributed by atoms with Gasteiger partial charge in [-0.05, 0) is 31.5 Å². The number of benzene rings is 1. The predicted octanol–water partition coefficient (Wildman–Crippen LogP) is 3.63. The molecule has 7 heteroatoms. The van der Waals surface area contributed by atoms with Crippen molar-refractivity contribution in [2.24, 2.45) is 0 Å². The molecule has 118 valence electrons. The van der Waals surface area contributed by atoms with Crippen molar-refractivity contribution < 1.29 is 4.79 Å². The molecule has 0 saturated carbocycles. The third kappa shape index (κ3) is 4.48. The molecule has 0 bridgehead atoms. The lowest BCUT2D eigenvalue weighted by atomic mass is 10.3. The Balaban J connectivity index is 1.93. The molecule has 0 saturated heterocycles. The molecule has 0 radical (unpaired) electrons. The maximum absolute atomic E-state index is 12.0. The number of anilines is 1. The van der Waals surface area contributed by atoms with E-state index in [0.29, 0.717) is 10.7 Å². The van der Waals surface area contributed by atoms with Crippen LogP contribution in [0.25, 0.3) is 0 Å². The standard InChI is InChI=1S/C15H19ClN4OS/c1-3-6-13-18-19-15(20(13)4-2)22-10-14(21)17-12-8-5-7-11(16)9-12/h5,7-9H,3-4,6,10H2,1-2H3,(H,17,21). The van der Waals surface area contributed by atoms with Gasteiger partial charge < -0.3 is 9.88 Å². The van der Waals surface area contributed by atoms with Crippen molar-refractivity contribution in [1.29, 1.82) is 0 Å². The Morgan fingerprint density at radius 1 is 1.36 bits per heavy atom. The molecule has 1 heterocycles. The number of rotatable bonds is 7. The fourth-order valence-electron chi connectivity index (χ4n) is 2.05. The summed E-state index contributed by atoms with van der Waals surface area (Å²) in [6.07, 6.45) is 1.92. The molecule has 0 aliphatic carbocycles. The van der Waals surface area contributed by atoms with Crippen LogP contribution in [-0.4, -0.2) is 26.4 Å². The van der Waals surface area contributed by atoms with E-state index in [2.05, 4.69) is 33.9 Å². The molecule has 0 unspecified atom stereocenters. The van der Waals surface area contributed by atoms with Gasteiger partial charge >= 0.3 is 0 Å². The zero-order valence-electron chi connectivity index (χ0n) is 12.7. The number of amides is 1. The number of hydrogen-bond acceptors (Lipinski definition) is 4. The van der Waals surface area contributed by atoms with Gasteiger partial charge in [0.25, 0.3) is 0 Å². The van der Waals surface area contributed by atoms with Crippen LogP contribution in [-0.2, 0) is 17.8 Å². The number of nitrogens with zero attached hydrogens (tertiary/aromatic N) is 3. The third-order valence-electron chi connectivity index (χ3n) is 3.02. The largest absolute Gasteiger partial charge is 0.325 e. The van der Waals surface area contributed by atoms with Gasteiger partial charge in [-0.2, -0.15) is 0 Å². The minimum Gasteiger partial charge on any atom is -0.325 e. The molecule has 0 aliphatic heterocycles. The van der Waals surface area contributed by atoms with Crippen LogP contribution in [0.2, 0.25) is 5.02 Å². The highest BCUT2D eigenvalue weighted by atomic mass is 35.5. The summed E-state index contributed by atoms with van der Waals surface area (Å²) in [6.45, 7) is 4.97. The SMILES string of the molecule is CCCc1nnc(SCC(=O)Nc2cccc(Cl)c2)n1CC. The van der Waals surface area contributed by atoms with Crippen LogP contribution in [0.15, 0.2) is 29.4 Å². The molecule has 0 atom stereocenters.